The molecule has 17 nitrogen and oxygen atoms in total. The lowest BCUT2D eigenvalue weighted by atomic mass is 10.1. The molecule has 2 atom stereocenters. The first kappa shape index (κ1) is 45.2. The van der Waals surface area contributed by atoms with Gasteiger partial charge in [-0.05, 0) is 112 Å². The highest BCUT2D eigenvalue weighted by molar-refractivity contribution is 14.1. The molecule has 3 N–H and O–H groups in total. The Morgan fingerprint density at radius 3 is 1.75 bits per heavy atom. The number of nitrogens with one attached hydrogen (secondary N) is 3. The molecule has 53 heavy (non-hydrogen) atoms. The van der Waals surface area contributed by atoms with Crippen LogP contribution >= 0.6 is 45.2 Å². The molecule has 0 aliphatic carbocycles. The SMILES string of the molecule is COC(OC)c1[nH]nc(N2CCC[C@@H](NC(=O)OC(C)(C)C)C2)c1I.COCn1nc(C(OC)OC)c(I)c1N1CCC[C@@H](NC(=O)OC(C)(C)C)C1. The van der Waals surface area contributed by atoms with Crippen LogP contribution in [-0.2, 0) is 39.9 Å². The smallest absolute Gasteiger partial charge is 0.407 e. The minimum atomic E-state index is -0.552. The van der Waals surface area contributed by atoms with Crippen molar-refractivity contribution in [3.05, 3.63) is 18.5 Å². The Kier molecular flexibility index (Phi) is 17.6. The number of piperidine rings is 2. The highest BCUT2D eigenvalue weighted by Crippen LogP contribution is 2.33. The molecule has 4 rings (SSSR count). The summed E-state index contributed by atoms with van der Waals surface area (Å²) in [5, 5.41) is 18.0. The lowest BCUT2D eigenvalue weighted by Crippen LogP contribution is -2.49. The van der Waals surface area contributed by atoms with Crippen LogP contribution in [0, 0.1) is 7.14 Å². The van der Waals surface area contributed by atoms with Crippen LogP contribution in [0.5, 0.6) is 0 Å². The van der Waals surface area contributed by atoms with Gasteiger partial charge in [-0.2, -0.15) is 10.2 Å². The summed E-state index contributed by atoms with van der Waals surface area (Å²) in [6.45, 7) is 14.5. The number of H-pyrrole nitrogens is 1. The number of nitrogens with zero attached hydrogens (tertiary/aromatic N) is 5. The van der Waals surface area contributed by atoms with Crippen molar-refractivity contribution >= 4 is 69.0 Å². The molecule has 2 aromatic rings. The molecule has 2 aliphatic heterocycles. The van der Waals surface area contributed by atoms with Crippen LogP contribution in [0.3, 0.4) is 0 Å². The monoisotopic (exact) mass is 976 g/mol. The van der Waals surface area contributed by atoms with E-state index in [0.717, 1.165) is 63.2 Å². The van der Waals surface area contributed by atoms with Crippen LogP contribution in [-0.4, -0.2) is 117 Å². The summed E-state index contributed by atoms with van der Waals surface area (Å²) in [6, 6.07) is 0.0228. The number of carbonyl (C=O) groups excluding carboxylic acids is 2. The fraction of sp³-hybridized carbons (Fsp3) is 0.765. The van der Waals surface area contributed by atoms with Gasteiger partial charge in [0.15, 0.2) is 5.82 Å². The van der Waals surface area contributed by atoms with E-state index in [1.165, 1.54) is 0 Å². The number of carbonyl (C=O) groups is 2. The number of ether oxygens (including phenoxy) is 7. The summed E-state index contributed by atoms with van der Waals surface area (Å²) in [7, 11) is 7.98. The van der Waals surface area contributed by atoms with Crippen LogP contribution in [0.2, 0.25) is 0 Å². The number of halogens is 2. The molecule has 0 aromatic carbocycles. The van der Waals surface area contributed by atoms with Gasteiger partial charge in [-0.25, -0.2) is 14.3 Å². The van der Waals surface area contributed by atoms with Crippen LogP contribution in [0.1, 0.15) is 91.2 Å². The number of alkyl carbamates (subject to hydrolysis) is 2. The molecular formula is C34H58I2N8O9. The molecule has 2 fully saturated rings. The summed E-state index contributed by atoms with van der Waals surface area (Å²) >= 11 is 4.51. The van der Waals surface area contributed by atoms with Crippen molar-refractivity contribution in [1.29, 1.82) is 0 Å². The summed E-state index contributed by atoms with van der Waals surface area (Å²) in [4.78, 5) is 28.5. The first-order chi connectivity index (χ1) is 24.9. The molecule has 0 unspecified atom stereocenters. The minimum Gasteiger partial charge on any atom is -0.444 e. The maximum absolute atomic E-state index is 12.2. The Balaban J connectivity index is 0.000000287. The third-order valence-corrected chi connectivity index (χ3v) is 10.2. The Morgan fingerprint density at radius 2 is 1.28 bits per heavy atom. The molecule has 2 aromatic heterocycles. The molecule has 2 aliphatic rings. The van der Waals surface area contributed by atoms with Gasteiger partial charge in [0.05, 0.1) is 7.14 Å². The molecule has 0 bridgehead atoms. The van der Waals surface area contributed by atoms with E-state index in [9.17, 15) is 9.59 Å². The average molecular weight is 977 g/mol. The maximum atomic E-state index is 12.2. The molecule has 2 saturated heterocycles. The number of hydrogen-bond acceptors (Lipinski definition) is 13. The lowest BCUT2D eigenvalue weighted by molar-refractivity contribution is -0.109. The number of aromatic amines is 1. The van der Waals surface area contributed by atoms with Gasteiger partial charge < -0.3 is 53.6 Å². The van der Waals surface area contributed by atoms with E-state index >= 15 is 0 Å². The number of aromatic nitrogens is 4. The lowest BCUT2D eigenvalue weighted by Gasteiger charge is -2.35. The van der Waals surface area contributed by atoms with E-state index in [-0.39, 0.29) is 24.3 Å². The number of methoxy groups -OCH3 is 5. The van der Waals surface area contributed by atoms with Crippen molar-refractivity contribution in [3.8, 4) is 0 Å². The highest BCUT2D eigenvalue weighted by atomic mass is 127. The fourth-order valence-electron chi connectivity index (χ4n) is 5.99. The zero-order chi connectivity index (χ0) is 39.5. The van der Waals surface area contributed by atoms with E-state index in [2.05, 4.69) is 80.9 Å². The zero-order valence-corrected chi connectivity index (χ0v) is 37.2. The quantitative estimate of drug-likeness (QED) is 0.175. The van der Waals surface area contributed by atoms with Crippen molar-refractivity contribution in [2.24, 2.45) is 0 Å². The van der Waals surface area contributed by atoms with E-state index in [1.807, 2.05) is 41.5 Å². The fourth-order valence-corrected chi connectivity index (χ4v) is 7.80. The van der Waals surface area contributed by atoms with Crippen LogP contribution in [0.4, 0.5) is 21.2 Å². The Hall–Kier alpha value is -2.18. The Labute approximate surface area is 340 Å². The summed E-state index contributed by atoms with van der Waals surface area (Å²) in [5.74, 6) is 1.79. The van der Waals surface area contributed by atoms with E-state index < -0.39 is 23.8 Å². The van der Waals surface area contributed by atoms with E-state index in [1.54, 1.807) is 40.2 Å². The molecule has 19 heteroatoms. The topological polar surface area (TPSA) is 176 Å². The largest absolute Gasteiger partial charge is 0.444 e. The van der Waals surface area contributed by atoms with Crippen molar-refractivity contribution in [3.63, 3.8) is 0 Å². The highest BCUT2D eigenvalue weighted by Gasteiger charge is 2.32. The second-order valence-corrected chi connectivity index (χ2v) is 16.8. The van der Waals surface area contributed by atoms with Gasteiger partial charge >= 0.3 is 12.2 Å². The van der Waals surface area contributed by atoms with Gasteiger partial charge in [-0.1, -0.05) is 0 Å². The van der Waals surface area contributed by atoms with Gasteiger partial charge in [0.1, 0.15) is 35.1 Å². The Bertz CT molecular complexity index is 1450. The average Bonchev–Trinajstić information content (AvgIpc) is 3.60. The molecular weight excluding hydrogens is 918 g/mol. The number of hydrogen-bond donors (Lipinski definition) is 3. The summed E-state index contributed by atoms with van der Waals surface area (Å²) in [6.07, 6.45) is 1.93. The van der Waals surface area contributed by atoms with Gasteiger partial charge in [-0.3, -0.25) is 5.10 Å². The number of anilines is 2. The van der Waals surface area contributed by atoms with Crippen molar-refractivity contribution in [2.75, 3.05) is 71.5 Å². The third kappa shape index (κ3) is 13.5. The first-order valence-corrected chi connectivity index (χ1v) is 19.7. The van der Waals surface area contributed by atoms with Crippen LogP contribution in [0.15, 0.2) is 0 Å². The summed E-state index contributed by atoms with van der Waals surface area (Å²) < 4.78 is 41.1. The van der Waals surface area contributed by atoms with Gasteiger partial charge in [0, 0.05) is 73.8 Å². The van der Waals surface area contributed by atoms with Crippen molar-refractivity contribution < 1.29 is 42.7 Å². The molecule has 0 saturated carbocycles. The van der Waals surface area contributed by atoms with Crippen LogP contribution in [0.25, 0.3) is 0 Å². The second kappa shape index (κ2) is 20.7. The molecule has 2 amide bonds. The minimum absolute atomic E-state index is 0.00519. The van der Waals surface area contributed by atoms with Crippen molar-refractivity contribution in [1.82, 2.24) is 30.6 Å². The predicted molar refractivity (Wildman–Crippen MR) is 216 cm³/mol. The normalized spacial score (nSPS) is 18.2. The first-order valence-electron chi connectivity index (χ1n) is 17.5. The Morgan fingerprint density at radius 1 is 0.792 bits per heavy atom. The van der Waals surface area contributed by atoms with E-state index in [4.69, 9.17) is 33.2 Å². The van der Waals surface area contributed by atoms with E-state index in [0.29, 0.717) is 25.5 Å². The van der Waals surface area contributed by atoms with Crippen LogP contribution < -0.4 is 20.4 Å². The standard InChI is InChI=1S/C18H31IN4O5.C16H27IN4O4/c1-18(2,3)28-17(24)20-12-8-7-9-22(10-12)15-13(19)14(16(26-5)27-6)21-23(15)11-25-4;1-16(2,3)25-15(22)18-10-7-6-8-21(9-10)13-11(17)12(19-20-13)14(23-4)24-5/h12,16H,7-11H2,1-6H3,(H,20,24);10,14H,6-9H2,1-5H3,(H,18,22)(H,19,20)/t12-;10-/m11/s1. The molecule has 4 heterocycles. The number of amides is 2. The van der Waals surface area contributed by atoms with Gasteiger partial charge in [0.2, 0.25) is 12.6 Å². The molecule has 0 radical (unpaired) electrons. The summed E-state index contributed by atoms with van der Waals surface area (Å²) in [5.41, 5.74) is 0.484. The van der Waals surface area contributed by atoms with Gasteiger partial charge in [-0.15, -0.1) is 0 Å². The molecule has 302 valence electrons. The maximum Gasteiger partial charge on any atom is 0.407 e. The second-order valence-electron chi connectivity index (χ2n) is 14.7. The third-order valence-electron chi connectivity index (χ3n) is 8.06. The molecule has 0 spiro atoms. The number of rotatable bonds is 12. The van der Waals surface area contributed by atoms with Crippen molar-refractivity contribution in [2.45, 2.75) is 110 Å². The van der Waals surface area contributed by atoms with Gasteiger partial charge in [0.25, 0.3) is 0 Å². The zero-order valence-electron chi connectivity index (χ0n) is 32.8. The predicted octanol–water partition coefficient (Wildman–Crippen LogP) is 5.68.